The number of hydrogen-bond donors (Lipinski definition) is 4. The van der Waals surface area contributed by atoms with Crippen molar-refractivity contribution >= 4 is 33.9 Å². The van der Waals surface area contributed by atoms with E-state index in [1.54, 1.807) is 18.2 Å². The van der Waals surface area contributed by atoms with Gasteiger partial charge in [-0.25, -0.2) is 0 Å². The van der Waals surface area contributed by atoms with Gasteiger partial charge < -0.3 is 22.0 Å². The quantitative estimate of drug-likeness (QED) is 0.213. The third kappa shape index (κ3) is 3.70. The maximum Gasteiger partial charge on any atom is 0.284 e. The van der Waals surface area contributed by atoms with Gasteiger partial charge in [0.25, 0.3) is 5.91 Å². The molecule has 0 saturated heterocycles. The zero-order valence-corrected chi connectivity index (χ0v) is 18.3. The van der Waals surface area contributed by atoms with Crippen LogP contribution in [0.25, 0.3) is 10.8 Å². The highest BCUT2D eigenvalue weighted by Gasteiger charge is 2.47. The number of quaternary nitrogens is 1. The van der Waals surface area contributed by atoms with Crippen LogP contribution in [0.3, 0.4) is 0 Å². The molecule has 0 saturated carbocycles. The molecular formula is C26H27N5O2. The lowest BCUT2D eigenvalue weighted by molar-refractivity contribution is -0.123. The number of amides is 1. The van der Waals surface area contributed by atoms with E-state index in [4.69, 9.17) is 16.9 Å². The molecule has 0 bridgehead atoms. The van der Waals surface area contributed by atoms with Gasteiger partial charge in [0.05, 0.1) is 0 Å². The van der Waals surface area contributed by atoms with Crippen LogP contribution in [0.2, 0.25) is 0 Å². The smallest absolute Gasteiger partial charge is 0.284 e. The largest absolute Gasteiger partial charge is 0.621 e. The maximum absolute atomic E-state index is 14.7. The van der Waals surface area contributed by atoms with E-state index in [9.17, 15) is 10.0 Å². The third-order valence-corrected chi connectivity index (χ3v) is 6.76. The zero-order chi connectivity index (χ0) is 23.2. The Morgan fingerprint density at radius 1 is 1.09 bits per heavy atom. The van der Waals surface area contributed by atoms with E-state index in [-0.39, 0.29) is 17.8 Å². The first-order valence-electron chi connectivity index (χ1n) is 11.2. The summed E-state index contributed by atoms with van der Waals surface area (Å²) in [5, 5.41) is 27.5. The van der Waals surface area contributed by atoms with Crippen molar-refractivity contribution in [2.75, 3.05) is 0 Å². The molecule has 2 unspecified atom stereocenters. The van der Waals surface area contributed by atoms with Crippen molar-refractivity contribution in [3.63, 3.8) is 0 Å². The molecule has 7 heteroatoms. The molecular weight excluding hydrogens is 414 g/mol. The molecule has 0 aromatic heterocycles. The zero-order valence-electron chi connectivity index (χ0n) is 18.3. The van der Waals surface area contributed by atoms with Crippen LogP contribution in [0.5, 0.6) is 0 Å². The Bertz CT molecular complexity index is 1300. The number of allylic oxidation sites excluding steroid dienone is 1. The first-order chi connectivity index (χ1) is 15.9. The van der Waals surface area contributed by atoms with E-state index >= 15 is 0 Å². The molecule has 168 valence electrons. The van der Waals surface area contributed by atoms with E-state index < -0.39 is 10.7 Å². The van der Waals surface area contributed by atoms with Gasteiger partial charge in [0.15, 0.2) is 6.04 Å². The van der Waals surface area contributed by atoms with Gasteiger partial charge in [-0.1, -0.05) is 42.5 Å². The van der Waals surface area contributed by atoms with Crippen LogP contribution < -0.4 is 21.4 Å². The van der Waals surface area contributed by atoms with E-state index in [0.717, 1.165) is 28.5 Å². The van der Waals surface area contributed by atoms with Gasteiger partial charge in [0.1, 0.15) is 17.2 Å². The second-order valence-electron chi connectivity index (χ2n) is 8.92. The van der Waals surface area contributed by atoms with Gasteiger partial charge in [0.2, 0.25) is 0 Å². The van der Waals surface area contributed by atoms with Gasteiger partial charge in [-0.05, 0) is 36.1 Å². The van der Waals surface area contributed by atoms with E-state index in [2.05, 4.69) is 5.32 Å². The Hall–Kier alpha value is -3.52. The fraction of sp³-hybridized carbons (Fsp3) is 0.231. The molecule has 0 radical (unpaired) electrons. The first-order valence-corrected chi connectivity index (χ1v) is 11.2. The van der Waals surface area contributed by atoms with Gasteiger partial charge in [-0.2, -0.15) is 0 Å². The van der Waals surface area contributed by atoms with E-state index in [1.165, 1.54) is 0 Å². The standard InChI is InChI=1S/C26H27N5O2/c27-20-8-10-21(11-9-20)30-26(32)24-14-18-5-6-19(25(28)29)15-23(18)31(24,33)22-12-7-16-3-1-2-4-17(16)13-22/h1-7,10,12-13,15,20,24H,8-9,11,14,27H2,(H3,28,29)(H,30,32)/t20-,24?,31?/m1/s1. The fourth-order valence-corrected chi connectivity index (χ4v) is 4.89. The summed E-state index contributed by atoms with van der Waals surface area (Å²) in [6.07, 6.45) is 4.47. The molecule has 3 aromatic carbocycles. The molecule has 2 aliphatic rings. The number of nitrogens with zero attached hydrogens (tertiary/aromatic N) is 1. The van der Waals surface area contributed by atoms with Crippen LogP contribution in [0.15, 0.2) is 72.4 Å². The van der Waals surface area contributed by atoms with Crippen molar-refractivity contribution in [3.8, 4) is 0 Å². The summed E-state index contributed by atoms with van der Waals surface area (Å²) in [6, 6.07) is 17.8. The molecule has 6 N–H and O–H groups in total. The maximum atomic E-state index is 14.7. The van der Waals surface area contributed by atoms with E-state index in [1.807, 2.05) is 48.5 Å². The summed E-state index contributed by atoms with van der Waals surface area (Å²) in [6.45, 7) is 0. The summed E-state index contributed by atoms with van der Waals surface area (Å²) < 4.78 is -0.917. The molecule has 5 rings (SSSR count). The minimum atomic E-state index is -0.917. The van der Waals surface area contributed by atoms with Crippen molar-refractivity contribution in [1.82, 2.24) is 9.96 Å². The second kappa shape index (κ2) is 8.12. The Morgan fingerprint density at radius 2 is 1.88 bits per heavy atom. The van der Waals surface area contributed by atoms with Crippen LogP contribution in [0.4, 0.5) is 11.4 Å². The number of nitrogens with two attached hydrogens (primary N) is 2. The van der Waals surface area contributed by atoms with Crippen LogP contribution in [-0.4, -0.2) is 23.8 Å². The summed E-state index contributed by atoms with van der Waals surface area (Å²) >= 11 is 0. The average molecular weight is 442 g/mol. The molecule has 3 atom stereocenters. The Morgan fingerprint density at radius 3 is 2.61 bits per heavy atom. The third-order valence-electron chi connectivity index (χ3n) is 6.76. The molecule has 1 amide bonds. The topological polar surface area (TPSA) is 128 Å². The number of rotatable bonds is 4. The van der Waals surface area contributed by atoms with E-state index in [0.29, 0.717) is 36.2 Å². The molecule has 0 fully saturated rings. The number of carbonyl (C=O) groups is 1. The van der Waals surface area contributed by atoms with Crippen LogP contribution in [0.1, 0.15) is 30.4 Å². The van der Waals surface area contributed by atoms with Crippen molar-refractivity contribution in [2.24, 2.45) is 11.5 Å². The lowest BCUT2D eigenvalue weighted by Crippen LogP contribution is -2.53. The lowest BCUT2D eigenvalue weighted by atomic mass is 9.99. The minimum Gasteiger partial charge on any atom is -0.621 e. The molecule has 3 aromatic rings. The first kappa shape index (κ1) is 21.3. The van der Waals surface area contributed by atoms with Crippen molar-refractivity contribution in [2.45, 2.75) is 37.8 Å². The van der Waals surface area contributed by atoms with Crippen molar-refractivity contribution < 1.29 is 4.79 Å². The highest BCUT2D eigenvalue weighted by molar-refractivity contribution is 5.98. The number of nitrogen functional groups attached to an aromatic ring is 1. The Kier molecular flexibility index (Phi) is 5.25. The number of amidine groups is 1. The van der Waals surface area contributed by atoms with Gasteiger partial charge in [0, 0.05) is 47.5 Å². The van der Waals surface area contributed by atoms with Crippen LogP contribution in [0, 0.1) is 10.6 Å². The summed E-state index contributed by atoms with van der Waals surface area (Å²) in [5.41, 5.74) is 14.7. The molecule has 1 aliphatic carbocycles. The number of hydrogen-bond acceptors (Lipinski definition) is 4. The Balaban J connectivity index is 1.60. The van der Waals surface area contributed by atoms with Gasteiger partial charge in [-0.15, -0.1) is 0 Å². The summed E-state index contributed by atoms with van der Waals surface area (Å²) in [7, 11) is 0. The highest BCUT2D eigenvalue weighted by atomic mass is 16.6. The predicted octanol–water partition coefficient (Wildman–Crippen LogP) is 3.70. The molecule has 33 heavy (non-hydrogen) atoms. The predicted molar refractivity (Wildman–Crippen MR) is 132 cm³/mol. The minimum absolute atomic E-state index is 0.110. The number of nitrogens with one attached hydrogen (secondary N) is 2. The lowest BCUT2D eigenvalue weighted by Gasteiger charge is -2.43. The summed E-state index contributed by atoms with van der Waals surface area (Å²) in [5.74, 6) is -0.417. The SMILES string of the molecule is N=C(N)c1ccc2c(c1)[N+]([O-])(c1ccc3ccccc3c1)C(C(=O)NC1=CC[C@@H](N)CC1)C2. The fourth-order valence-electron chi connectivity index (χ4n) is 4.89. The molecule has 1 heterocycles. The average Bonchev–Trinajstić information content (AvgIpc) is 3.13. The monoisotopic (exact) mass is 441 g/mol. The van der Waals surface area contributed by atoms with Crippen LogP contribution in [-0.2, 0) is 11.2 Å². The molecule has 7 nitrogen and oxygen atoms in total. The summed E-state index contributed by atoms with van der Waals surface area (Å²) in [4.78, 5) is 13.5. The Labute approximate surface area is 192 Å². The van der Waals surface area contributed by atoms with Crippen molar-refractivity contribution in [1.29, 1.82) is 5.41 Å². The highest BCUT2D eigenvalue weighted by Crippen LogP contribution is 2.46. The second-order valence-corrected chi connectivity index (χ2v) is 8.92. The van der Waals surface area contributed by atoms with Crippen LogP contribution >= 0.6 is 0 Å². The number of carbonyl (C=O) groups excluding carboxylic acids is 1. The van der Waals surface area contributed by atoms with Gasteiger partial charge in [-0.3, -0.25) is 14.9 Å². The molecule has 0 spiro atoms. The van der Waals surface area contributed by atoms with Gasteiger partial charge >= 0.3 is 0 Å². The number of fused-ring (bicyclic) bond motifs is 2. The van der Waals surface area contributed by atoms with Crippen molar-refractivity contribution in [3.05, 3.63) is 88.8 Å². The number of hydroxylamine groups is 1. The number of benzene rings is 3. The molecule has 1 aliphatic heterocycles. The normalized spacial score (nSPS) is 24.2.